The Morgan fingerprint density at radius 3 is 2.29 bits per heavy atom. The zero-order valence-corrected chi connectivity index (χ0v) is 10.3. The fourth-order valence-electron chi connectivity index (χ4n) is 2.20. The smallest absolute Gasteiger partial charge is 0.317 e. The molecule has 0 bridgehead atoms. The standard InChI is InChI=1S/C12H20N2O3/c1-7(11(15)16)10-5-14(6-10)12(17)13-8(2)9-3-4-9/h7-10H,3-6H2,1-2H3,(H,13,17)(H,15,16). The second-order valence-corrected chi connectivity index (χ2v) is 5.37. The highest BCUT2D eigenvalue weighted by Gasteiger charge is 2.38. The van der Waals surface area contributed by atoms with Crippen molar-refractivity contribution in [3.63, 3.8) is 0 Å². The van der Waals surface area contributed by atoms with E-state index in [9.17, 15) is 9.59 Å². The fourth-order valence-corrected chi connectivity index (χ4v) is 2.20. The molecule has 2 aliphatic rings. The molecule has 0 spiro atoms. The topological polar surface area (TPSA) is 69.6 Å². The first kappa shape index (κ1) is 12.2. The summed E-state index contributed by atoms with van der Waals surface area (Å²) >= 11 is 0. The van der Waals surface area contributed by atoms with Gasteiger partial charge in [0.25, 0.3) is 0 Å². The molecule has 2 rings (SSSR count). The van der Waals surface area contributed by atoms with Crippen LogP contribution in [0.1, 0.15) is 26.7 Å². The Morgan fingerprint density at radius 1 is 1.24 bits per heavy atom. The highest BCUT2D eigenvalue weighted by Crippen LogP contribution is 2.32. The Morgan fingerprint density at radius 2 is 1.82 bits per heavy atom. The van der Waals surface area contributed by atoms with Crippen LogP contribution in [-0.2, 0) is 4.79 Å². The van der Waals surface area contributed by atoms with E-state index in [4.69, 9.17) is 5.11 Å². The molecule has 2 amide bonds. The first-order chi connectivity index (χ1) is 7.99. The molecule has 5 nitrogen and oxygen atoms in total. The van der Waals surface area contributed by atoms with Gasteiger partial charge in [-0.15, -0.1) is 0 Å². The van der Waals surface area contributed by atoms with Crippen LogP contribution < -0.4 is 5.32 Å². The lowest BCUT2D eigenvalue weighted by atomic mass is 9.87. The predicted octanol–water partition coefficient (Wildman–Crippen LogP) is 1.15. The average Bonchev–Trinajstić information content (AvgIpc) is 2.97. The third kappa shape index (κ3) is 2.70. The van der Waals surface area contributed by atoms with Crippen LogP contribution in [0.2, 0.25) is 0 Å². The molecule has 1 heterocycles. The van der Waals surface area contributed by atoms with Crippen molar-refractivity contribution in [1.82, 2.24) is 10.2 Å². The number of hydrogen-bond acceptors (Lipinski definition) is 2. The van der Waals surface area contributed by atoms with Gasteiger partial charge in [-0.05, 0) is 25.7 Å². The summed E-state index contributed by atoms with van der Waals surface area (Å²) < 4.78 is 0. The van der Waals surface area contributed by atoms with E-state index in [1.54, 1.807) is 11.8 Å². The predicted molar refractivity (Wildman–Crippen MR) is 62.6 cm³/mol. The van der Waals surface area contributed by atoms with E-state index in [-0.39, 0.29) is 23.9 Å². The molecule has 2 fully saturated rings. The van der Waals surface area contributed by atoms with E-state index >= 15 is 0 Å². The maximum absolute atomic E-state index is 11.8. The highest BCUT2D eigenvalue weighted by atomic mass is 16.4. The number of carboxylic acid groups (broad SMARTS) is 1. The lowest BCUT2D eigenvalue weighted by Crippen LogP contribution is -2.57. The van der Waals surface area contributed by atoms with Crippen molar-refractivity contribution < 1.29 is 14.7 Å². The number of hydrogen-bond donors (Lipinski definition) is 2. The molecule has 2 unspecified atom stereocenters. The number of nitrogens with one attached hydrogen (secondary N) is 1. The number of likely N-dealkylation sites (tertiary alicyclic amines) is 1. The Balaban J connectivity index is 1.71. The first-order valence-electron chi connectivity index (χ1n) is 6.27. The van der Waals surface area contributed by atoms with Crippen LogP contribution in [0.4, 0.5) is 4.79 Å². The van der Waals surface area contributed by atoms with Gasteiger partial charge >= 0.3 is 12.0 Å². The second-order valence-electron chi connectivity index (χ2n) is 5.37. The Kier molecular flexibility index (Phi) is 3.26. The molecule has 2 N–H and O–H groups in total. The van der Waals surface area contributed by atoms with Crippen LogP contribution in [0, 0.1) is 17.8 Å². The lowest BCUT2D eigenvalue weighted by Gasteiger charge is -2.41. The van der Waals surface area contributed by atoms with Gasteiger partial charge in [0.2, 0.25) is 0 Å². The molecule has 2 atom stereocenters. The Labute approximate surface area is 101 Å². The molecule has 0 aromatic carbocycles. The van der Waals surface area contributed by atoms with Gasteiger partial charge in [0, 0.05) is 25.0 Å². The van der Waals surface area contributed by atoms with Crippen molar-refractivity contribution in [3.8, 4) is 0 Å². The zero-order valence-electron chi connectivity index (χ0n) is 10.3. The molecule has 0 radical (unpaired) electrons. The molecule has 96 valence electrons. The van der Waals surface area contributed by atoms with E-state index in [1.807, 2.05) is 6.92 Å². The van der Waals surface area contributed by atoms with Crippen LogP contribution in [0.25, 0.3) is 0 Å². The zero-order chi connectivity index (χ0) is 12.6. The van der Waals surface area contributed by atoms with Crippen molar-refractivity contribution in [1.29, 1.82) is 0 Å². The Hall–Kier alpha value is -1.26. The highest BCUT2D eigenvalue weighted by molar-refractivity contribution is 5.76. The van der Waals surface area contributed by atoms with Gasteiger partial charge in [0.15, 0.2) is 0 Å². The van der Waals surface area contributed by atoms with Crippen LogP contribution in [0.5, 0.6) is 0 Å². The molecule has 1 saturated heterocycles. The van der Waals surface area contributed by atoms with Crippen molar-refractivity contribution >= 4 is 12.0 Å². The van der Waals surface area contributed by atoms with Gasteiger partial charge in [-0.25, -0.2) is 4.79 Å². The van der Waals surface area contributed by atoms with E-state index in [0.717, 1.165) is 0 Å². The van der Waals surface area contributed by atoms with Crippen LogP contribution in [-0.4, -0.2) is 41.1 Å². The molecule has 17 heavy (non-hydrogen) atoms. The summed E-state index contributed by atoms with van der Waals surface area (Å²) in [6, 6.07) is 0.205. The summed E-state index contributed by atoms with van der Waals surface area (Å²) in [5.41, 5.74) is 0. The van der Waals surface area contributed by atoms with Gasteiger partial charge in [-0.3, -0.25) is 4.79 Å². The van der Waals surface area contributed by atoms with Gasteiger partial charge in [0.05, 0.1) is 5.92 Å². The number of urea groups is 1. The summed E-state index contributed by atoms with van der Waals surface area (Å²) in [6.07, 6.45) is 2.42. The van der Waals surface area contributed by atoms with Gasteiger partial charge in [-0.2, -0.15) is 0 Å². The maximum Gasteiger partial charge on any atom is 0.317 e. The number of amides is 2. The van der Waals surface area contributed by atoms with E-state index in [1.165, 1.54) is 12.8 Å². The minimum Gasteiger partial charge on any atom is -0.481 e. The summed E-state index contributed by atoms with van der Waals surface area (Å²) in [4.78, 5) is 24.2. The summed E-state index contributed by atoms with van der Waals surface area (Å²) in [6.45, 7) is 4.87. The third-order valence-electron chi connectivity index (χ3n) is 3.97. The molecular formula is C12H20N2O3. The minimum atomic E-state index is -0.776. The normalized spacial score (nSPS) is 23.8. The molecule has 5 heteroatoms. The Bertz CT molecular complexity index is 322. The fraction of sp³-hybridized carbons (Fsp3) is 0.833. The summed E-state index contributed by atoms with van der Waals surface area (Å²) in [7, 11) is 0. The lowest BCUT2D eigenvalue weighted by molar-refractivity contribution is -0.144. The number of rotatable bonds is 4. The van der Waals surface area contributed by atoms with Gasteiger partial charge in [0.1, 0.15) is 0 Å². The SMILES string of the molecule is CC(NC(=O)N1CC(C(C)C(=O)O)C1)C1CC1. The second kappa shape index (κ2) is 4.55. The number of nitrogens with zero attached hydrogens (tertiary/aromatic N) is 1. The summed E-state index contributed by atoms with van der Waals surface area (Å²) in [5.74, 6) is -0.384. The van der Waals surface area contributed by atoms with Crippen LogP contribution in [0.3, 0.4) is 0 Å². The van der Waals surface area contributed by atoms with Crippen LogP contribution in [0.15, 0.2) is 0 Å². The van der Waals surface area contributed by atoms with Crippen LogP contribution >= 0.6 is 0 Å². The largest absolute Gasteiger partial charge is 0.481 e. The molecule has 0 aromatic heterocycles. The molecule has 1 saturated carbocycles. The quantitative estimate of drug-likeness (QED) is 0.774. The van der Waals surface area contributed by atoms with Crippen molar-refractivity contribution in [2.75, 3.05) is 13.1 Å². The molecular weight excluding hydrogens is 220 g/mol. The first-order valence-corrected chi connectivity index (χ1v) is 6.27. The van der Waals surface area contributed by atoms with E-state index in [2.05, 4.69) is 5.32 Å². The van der Waals surface area contributed by atoms with Crippen molar-refractivity contribution in [2.45, 2.75) is 32.7 Å². The molecule has 1 aliphatic heterocycles. The average molecular weight is 240 g/mol. The number of carbonyl (C=O) groups is 2. The van der Waals surface area contributed by atoms with Crippen molar-refractivity contribution in [3.05, 3.63) is 0 Å². The third-order valence-corrected chi connectivity index (χ3v) is 3.97. The molecule has 1 aliphatic carbocycles. The van der Waals surface area contributed by atoms with E-state index < -0.39 is 5.97 Å². The number of carbonyl (C=O) groups excluding carboxylic acids is 1. The minimum absolute atomic E-state index is 0.0433. The van der Waals surface area contributed by atoms with E-state index in [0.29, 0.717) is 19.0 Å². The van der Waals surface area contributed by atoms with Crippen molar-refractivity contribution in [2.24, 2.45) is 17.8 Å². The maximum atomic E-state index is 11.8. The summed E-state index contributed by atoms with van der Waals surface area (Å²) in [5, 5.41) is 11.8. The van der Waals surface area contributed by atoms with Gasteiger partial charge < -0.3 is 15.3 Å². The number of aliphatic carboxylic acids is 1. The number of carboxylic acids is 1. The van der Waals surface area contributed by atoms with Gasteiger partial charge in [-0.1, -0.05) is 6.92 Å². The monoisotopic (exact) mass is 240 g/mol. The molecule has 0 aromatic rings.